The SMILES string of the molecule is C[C]1OCCNC1=O. The van der Waals surface area contributed by atoms with Crippen LogP contribution in [0.25, 0.3) is 0 Å². The molecule has 1 fully saturated rings. The van der Waals surface area contributed by atoms with E-state index in [1.165, 1.54) is 0 Å². The molecule has 0 spiro atoms. The lowest BCUT2D eigenvalue weighted by atomic mass is 10.3. The van der Waals surface area contributed by atoms with Crippen LogP contribution in [0.5, 0.6) is 0 Å². The Bertz CT molecular complexity index is 103. The number of carbonyl (C=O) groups excluding carboxylic acids is 1. The van der Waals surface area contributed by atoms with Gasteiger partial charge in [0, 0.05) is 6.54 Å². The summed E-state index contributed by atoms with van der Waals surface area (Å²) in [5.74, 6) is -0.0868. The zero-order valence-corrected chi connectivity index (χ0v) is 4.73. The van der Waals surface area contributed by atoms with Crippen molar-refractivity contribution in [3.63, 3.8) is 0 Å². The fourth-order valence-corrected chi connectivity index (χ4v) is 0.559. The van der Waals surface area contributed by atoms with E-state index in [0.717, 1.165) is 0 Å². The minimum atomic E-state index is -0.0868. The molecule has 3 nitrogen and oxygen atoms in total. The molecule has 0 unspecified atom stereocenters. The van der Waals surface area contributed by atoms with Gasteiger partial charge in [0.1, 0.15) is 0 Å². The van der Waals surface area contributed by atoms with E-state index in [0.29, 0.717) is 19.3 Å². The Labute approximate surface area is 48.0 Å². The molecule has 1 rings (SSSR count). The summed E-state index contributed by atoms with van der Waals surface area (Å²) >= 11 is 0. The highest BCUT2D eigenvalue weighted by atomic mass is 16.5. The topological polar surface area (TPSA) is 38.3 Å². The third kappa shape index (κ3) is 0.980. The highest BCUT2D eigenvalue weighted by Gasteiger charge is 2.17. The van der Waals surface area contributed by atoms with Gasteiger partial charge in [-0.3, -0.25) is 4.79 Å². The number of hydrogen-bond donors (Lipinski definition) is 1. The van der Waals surface area contributed by atoms with Crippen molar-refractivity contribution in [3.05, 3.63) is 6.10 Å². The van der Waals surface area contributed by atoms with E-state index in [9.17, 15) is 4.79 Å². The molecule has 1 saturated heterocycles. The first-order valence-electron chi connectivity index (χ1n) is 2.55. The summed E-state index contributed by atoms with van der Waals surface area (Å²) in [6, 6.07) is 0. The predicted molar refractivity (Wildman–Crippen MR) is 27.9 cm³/mol. The van der Waals surface area contributed by atoms with Gasteiger partial charge in [-0.2, -0.15) is 0 Å². The monoisotopic (exact) mass is 114 g/mol. The minimum Gasteiger partial charge on any atom is -0.360 e. The molecule has 1 N–H and O–H groups in total. The van der Waals surface area contributed by atoms with Gasteiger partial charge in [0.15, 0.2) is 6.10 Å². The van der Waals surface area contributed by atoms with E-state index in [1.807, 2.05) is 0 Å². The van der Waals surface area contributed by atoms with E-state index in [2.05, 4.69) is 5.32 Å². The van der Waals surface area contributed by atoms with Crippen LogP contribution in [0.3, 0.4) is 0 Å². The number of ether oxygens (including phenoxy) is 1. The van der Waals surface area contributed by atoms with Gasteiger partial charge in [-0.1, -0.05) is 0 Å². The summed E-state index contributed by atoms with van der Waals surface area (Å²) in [4.78, 5) is 10.5. The van der Waals surface area contributed by atoms with Gasteiger partial charge in [-0.15, -0.1) is 0 Å². The summed E-state index contributed by atoms with van der Waals surface area (Å²) in [6.07, 6.45) is 0.469. The lowest BCUT2D eigenvalue weighted by molar-refractivity contribution is -0.127. The van der Waals surface area contributed by atoms with Crippen LogP contribution in [-0.4, -0.2) is 19.1 Å². The Morgan fingerprint density at radius 2 is 2.50 bits per heavy atom. The molecule has 0 bridgehead atoms. The van der Waals surface area contributed by atoms with Gasteiger partial charge in [-0.05, 0) is 6.92 Å². The Hall–Kier alpha value is -0.570. The Balaban J connectivity index is 2.39. The molecule has 1 aliphatic rings. The summed E-state index contributed by atoms with van der Waals surface area (Å²) < 4.78 is 4.89. The summed E-state index contributed by atoms with van der Waals surface area (Å²) in [5.41, 5.74) is 0. The predicted octanol–water partition coefficient (Wildman–Crippen LogP) is -0.315. The fraction of sp³-hybridized carbons (Fsp3) is 0.600. The second kappa shape index (κ2) is 2.13. The maximum Gasteiger partial charge on any atom is 0.255 e. The molecule has 1 aliphatic heterocycles. The van der Waals surface area contributed by atoms with E-state index in [1.54, 1.807) is 6.92 Å². The van der Waals surface area contributed by atoms with Crippen LogP contribution in [-0.2, 0) is 9.53 Å². The fourth-order valence-electron chi connectivity index (χ4n) is 0.559. The normalized spacial score (nSPS) is 22.9. The molecule has 0 saturated carbocycles. The van der Waals surface area contributed by atoms with Crippen LogP contribution in [0.4, 0.5) is 0 Å². The quantitative estimate of drug-likeness (QED) is 0.469. The highest BCUT2D eigenvalue weighted by Crippen LogP contribution is 2.02. The van der Waals surface area contributed by atoms with Gasteiger partial charge in [0.2, 0.25) is 0 Å². The van der Waals surface area contributed by atoms with Gasteiger partial charge in [0.05, 0.1) is 6.61 Å². The zero-order valence-electron chi connectivity index (χ0n) is 4.73. The Morgan fingerprint density at radius 1 is 1.75 bits per heavy atom. The van der Waals surface area contributed by atoms with E-state index in [-0.39, 0.29) is 5.91 Å². The van der Waals surface area contributed by atoms with E-state index in [4.69, 9.17) is 4.74 Å². The molecule has 8 heavy (non-hydrogen) atoms. The Kier molecular flexibility index (Phi) is 1.48. The summed E-state index contributed by atoms with van der Waals surface area (Å²) in [5, 5.41) is 2.63. The molecule has 1 radical (unpaired) electrons. The Morgan fingerprint density at radius 3 is 2.88 bits per heavy atom. The number of morpholine rings is 1. The van der Waals surface area contributed by atoms with Crippen LogP contribution in [0.2, 0.25) is 0 Å². The van der Waals surface area contributed by atoms with Gasteiger partial charge < -0.3 is 10.1 Å². The number of rotatable bonds is 0. The van der Waals surface area contributed by atoms with Crippen LogP contribution >= 0.6 is 0 Å². The molecule has 0 aromatic heterocycles. The average Bonchev–Trinajstić information content (AvgIpc) is 1.77. The number of carbonyl (C=O) groups is 1. The molecular formula is C5H8NO2. The lowest BCUT2D eigenvalue weighted by Gasteiger charge is -2.16. The van der Waals surface area contributed by atoms with Crippen LogP contribution in [0.1, 0.15) is 6.92 Å². The van der Waals surface area contributed by atoms with Crippen molar-refractivity contribution in [3.8, 4) is 0 Å². The molecule has 3 heteroatoms. The maximum absolute atomic E-state index is 10.5. The van der Waals surface area contributed by atoms with Crippen molar-refractivity contribution in [2.75, 3.05) is 13.2 Å². The molecule has 1 amide bonds. The first kappa shape index (κ1) is 5.56. The molecule has 0 atom stereocenters. The zero-order chi connectivity index (χ0) is 5.98. The van der Waals surface area contributed by atoms with Crippen LogP contribution < -0.4 is 5.32 Å². The third-order valence-corrected chi connectivity index (χ3v) is 1.03. The standard InChI is InChI=1S/C5H8NO2/c1-4-5(7)6-2-3-8-4/h2-3H2,1H3,(H,6,7). The summed E-state index contributed by atoms with van der Waals surface area (Å²) in [6.45, 7) is 2.90. The van der Waals surface area contributed by atoms with E-state index < -0.39 is 0 Å². The van der Waals surface area contributed by atoms with Crippen molar-refractivity contribution in [1.29, 1.82) is 0 Å². The van der Waals surface area contributed by atoms with Gasteiger partial charge in [-0.25, -0.2) is 0 Å². The largest absolute Gasteiger partial charge is 0.360 e. The van der Waals surface area contributed by atoms with Crippen molar-refractivity contribution in [1.82, 2.24) is 5.32 Å². The van der Waals surface area contributed by atoms with Crippen LogP contribution in [0.15, 0.2) is 0 Å². The molecule has 0 aromatic carbocycles. The summed E-state index contributed by atoms with van der Waals surface area (Å²) in [7, 11) is 0. The molecule has 45 valence electrons. The third-order valence-electron chi connectivity index (χ3n) is 1.03. The molecule has 0 aromatic rings. The highest BCUT2D eigenvalue weighted by molar-refractivity contribution is 5.87. The smallest absolute Gasteiger partial charge is 0.255 e. The van der Waals surface area contributed by atoms with Crippen molar-refractivity contribution >= 4 is 5.91 Å². The molecule has 0 aliphatic carbocycles. The van der Waals surface area contributed by atoms with Gasteiger partial charge >= 0.3 is 0 Å². The first-order valence-corrected chi connectivity index (χ1v) is 2.55. The van der Waals surface area contributed by atoms with Crippen LogP contribution in [0, 0.1) is 6.10 Å². The number of hydrogen-bond acceptors (Lipinski definition) is 2. The minimum absolute atomic E-state index is 0.0868. The van der Waals surface area contributed by atoms with Gasteiger partial charge in [0.25, 0.3) is 5.91 Å². The first-order chi connectivity index (χ1) is 3.80. The second-order valence-corrected chi connectivity index (χ2v) is 1.66. The van der Waals surface area contributed by atoms with Crippen molar-refractivity contribution < 1.29 is 9.53 Å². The maximum atomic E-state index is 10.5. The number of nitrogens with one attached hydrogen (secondary N) is 1. The number of amides is 1. The van der Waals surface area contributed by atoms with Crippen molar-refractivity contribution in [2.24, 2.45) is 0 Å². The average molecular weight is 114 g/mol. The molecular weight excluding hydrogens is 106 g/mol. The lowest BCUT2D eigenvalue weighted by Crippen LogP contribution is -2.37. The van der Waals surface area contributed by atoms with E-state index >= 15 is 0 Å². The molecule has 1 heterocycles. The van der Waals surface area contributed by atoms with Crippen molar-refractivity contribution in [2.45, 2.75) is 6.92 Å². The second-order valence-electron chi connectivity index (χ2n) is 1.66.